The highest BCUT2D eigenvalue weighted by molar-refractivity contribution is 6.10. The molecule has 0 bridgehead atoms. The van der Waals surface area contributed by atoms with Crippen LogP contribution in [-0.4, -0.2) is 4.57 Å². The second kappa shape index (κ2) is 12.4. The Balaban J connectivity index is 1.03. The fourth-order valence-electron chi connectivity index (χ4n) is 10.2. The highest BCUT2D eigenvalue weighted by Gasteiger charge is 2.47. The first-order valence-electron chi connectivity index (χ1n) is 20.0. The van der Waals surface area contributed by atoms with Crippen LogP contribution in [0.5, 0.6) is 0 Å². The molecule has 0 amide bonds. The van der Waals surface area contributed by atoms with Crippen LogP contribution >= 0.6 is 0 Å². The second-order valence-corrected chi connectivity index (χ2v) is 15.8. The Kier molecular flexibility index (Phi) is 7.00. The Labute approximate surface area is 332 Å². The van der Waals surface area contributed by atoms with Gasteiger partial charge in [0.2, 0.25) is 0 Å². The van der Waals surface area contributed by atoms with E-state index in [1.54, 1.807) is 0 Å². The number of benzene rings is 9. The maximum Gasteiger partial charge on any atom is 0.0541 e. The molecule has 9 aromatic carbocycles. The lowest BCUT2D eigenvalue weighted by Crippen LogP contribution is -2.26. The monoisotopic (exact) mass is 726 g/mol. The Morgan fingerprint density at radius 1 is 0.386 bits per heavy atom. The normalized spacial score (nSPS) is 13.6. The molecule has 2 heteroatoms. The molecule has 0 fully saturated rings. The van der Waals surface area contributed by atoms with E-state index in [0.29, 0.717) is 0 Å². The van der Waals surface area contributed by atoms with Crippen LogP contribution in [0.25, 0.3) is 60.5 Å². The predicted octanol–water partition coefficient (Wildman–Crippen LogP) is 14.1. The molecule has 10 aromatic rings. The average molecular weight is 727 g/mol. The van der Waals surface area contributed by atoms with E-state index in [9.17, 15) is 0 Å². The molecule has 0 radical (unpaired) electrons. The van der Waals surface area contributed by atoms with Crippen molar-refractivity contribution in [3.05, 3.63) is 229 Å². The molecule has 1 aromatic heterocycles. The molecule has 0 N–H and O–H groups in total. The minimum absolute atomic E-state index is 0.0864. The van der Waals surface area contributed by atoms with Crippen molar-refractivity contribution in [1.29, 1.82) is 0 Å². The molecule has 0 unspecified atom stereocenters. The van der Waals surface area contributed by atoms with E-state index in [4.69, 9.17) is 0 Å². The summed E-state index contributed by atoms with van der Waals surface area (Å²) >= 11 is 0. The first kappa shape index (κ1) is 32.1. The first-order chi connectivity index (χ1) is 28.2. The van der Waals surface area contributed by atoms with Crippen molar-refractivity contribution < 1.29 is 0 Å². The summed E-state index contributed by atoms with van der Waals surface area (Å²) in [6.07, 6.45) is 2.04. The lowest BCUT2D eigenvalue weighted by atomic mass is 9.75. The third kappa shape index (κ3) is 4.90. The summed E-state index contributed by atoms with van der Waals surface area (Å²) in [4.78, 5) is 2.47. The van der Waals surface area contributed by atoms with Crippen molar-refractivity contribution in [2.75, 3.05) is 4.90 Å². The Bertz CT molecular complexity index is 3180. The van der Waals surface area contributed by atoms with E-state index in [2.05, 4.69) is 216 Å². The Morgan fingerprint density at radius 3 is 1.91 bits per heavy atom. The number of nitrogens with zero attached hydrogens (tertiary/aromatic N) is 2. The molecule has 0 saturated heterocycles. The summed E-state index contributed by atoms with van der Waals surface area (Å²) in [5.41, 5.74) is 17.9. The lowest BCUT2D eigenvalue weighted by molar-refractivity contribution is 0.563. The van der Waals surface area contributed by atoms with E-state index in [1.807, 2.05) is 0 Å². The first-order valence-corrected chi connectivity index (χ1v) is 20.0. The van der Waals surface area contributed by atoms with Gasteiger partial charge in [-0.15, -0.1) is 0 Å². The molecular weight excluding hydrogens is 689 g/mol. The molecule has 268 valence electrons. The predicted molar refractivity (Wildman–Crippen MR) is 238 cm³/mol. The minimum atomic E-state index is -0.0864. The number of anilines is 3. The minimum Gasteiger partial charge on any atom is -0.310 e. The van der Waals surface area contributed by atoms with E-state index >= 15 is 0 Å². The van der Waals surface area contributed by atoms with Crippen molar-refractivity contribution in [3.8, 4) is 27.9 Å². The summed E-state index contributed by atoms with van der Waals surface area (Å²) in [6.45, 7) is 0. The van der Waals surface area contributed by atoms with Gasteiger partial charge in [0.15, 0.2) is 0 Å². The zero-order valence-electron chi connectivity index (χ0n) is 31.4. The molecule has 0 atom stereocenters. The van der Waals surface area contributed by atoms with Crippen LogP contribution in [0.1, 0.15) is 22.3 Å². The summed E-state index contributed by atoms with van der Waals surface area (Å²) in [5, 5.41) is 4.98. The average Bonchev–Trinajstić information content (AvgIpc) is 3.92. The zero-order valence-corrected chi connectivity index (χ0v) is 31.4. The SMILES string of the molecule is c1ccc(-n2c3ccccc3c3cc(-c4cccc(N(c5ccc6c(c5)C5(Cc7ccccc7C5)c5ccccc5-6)c5ccc6ccccc6c5)c4)ccc32)cc1. The van der Waals surface area contributed by atoms with Crippen LogP contribution in [0.2, 0.25) is 0 Å². The number of rotatable bonds is 5. The van der Waals surface area contributed by atoms with Gasteiger partial charge in [-0.05, 0) is 135 Å². The molecular formula is C55H38N2. The van der Waals surface area contributed by atoms with Gasteiger partial charge in [0.05, 0.1) is 11.0 Å². The number of fused-ring (bicyclic) bond motifs is 10. The largest absolute Gasteiger partial charge is 0.310 e. The van der Waals surface area contributed by atoms with E-state index < -0.39 is 0 Å². The van der Waals surface area contributed by atoms with E-state index in [-0.39, 0.29) is 5.41 Å². The van der Waals surface area contributed by atoms with Gasteiger partial charge in [0, 0.05) is 38.9 Å². The summed E-state index contributed by atoms with van der Waals surface area (Å²) in [7, 11) is 0. The van der Waals surface area contributed by atoms with Gasteiger partial charge in [-0.1, -0.05) is 140 Å². The molecule has 2 aliphatic rings. The lowest BCUT2D eigenvalue weighted by Gasteiger charge is -2.30. The topological polar surface area (TPSA) is 8.17 Å². The van der Waals surface area contributed by atoms with Crippen molar-refractivity contribution in [1.82, 2.24) is 4.57 Å². The molecule has 57 heavy (non-hydrogen) atoms. The van der Waals surface area contributed by atoms with Crippen molar-refractivity contribution in [3.63, 3.8) is 0 Å². The summed E-state index contributed by atoms with van der Waals surface area (Å²) < 4.78 is 2.38. The maximum atomic E-state index is 2.51. The highest BCUT2D eigenvalue weighted by atomic mass is 15.1. The molecule has 1 heterocycles. The molecule has 2 aliphatic carbocycles. The Morgan fingerprint density at radius 2 is 1.04 bits per heavy atom. The molecule has 0 saturated carbocycles. The van der Waals surface area contributed by atoms with Crippen LogP contribution in [-0.2, 0) is 18.3 Å². The van der Waals surface area contributed by atoms with Crippen LogP contribution in [0.4, 0.5) is 17.1 Å². The van der Waals surface area contributed by atoms with Gasteiger partial charge in [0.25, 0.3) is 0 Å². The molecule has 1 spiro atoms. The number of aromatic nitrogens is 1. The van der Waals surface area contributed by atoms with Crippen LogP contribution in [0.15, 0.2) is 206 Å². The fourth-order valence-corrected chi connectivity index (χ4v) is 10.2. The zero-order chi connectivity index (χ0) is 37.5. The van der Waals surface area contributed by atoms with E-state index in [1.165, 1.54) is 88.5 Å². The standard InChI is InChI=1S/C55H38N2/c1-2-18-43(19-3-1)57-53-24-11-9-22-49(53)50-33-40(26-30-54(50)57)39-17-12-20-44(32-39)56(45-27-25-37-13-4-5-14-38(37)31-45)46-28-29-48-47-21-8-10-23-51(47)55(52(48)34-46)35-41-15-6-7-16-42(41)36-55/h1-34H,35-36H2. The van der Waals surface area contributed by atoms with Gasteiger partial charge in [0.1, 0.15) is 0 Å². The summed E-state index contributed by atoms with van der Waals surface area (Å²) in [5.74, 6) is 0. The second-order valence-electron chi connectivity index (χ2n) is 15.8. The van der Waals surface area contributed by atoms with Crippen LogP contribution < -0.4 is 4.90 Å². The summed E-state index contributed by atoms with van der Waals surface area (Å²) in [6, 6.07) is 76.5. The van der Waals surface area contributed by atoms with Crippen LogP contribution in [0.3, 0.4) is 0 Å². The van der Waals surface area contributed by atoms with Crippen molar-refractivity contribution in [2.24, 2.45) is 0 Å². The molecule has 12 rings (SSSR count). The van der Waals surface area contributed by atoms with Crippen molar-refractivity contribution in [2.45, 2.75) is 18.3 Å². The Hall–Kier alpha value is -7.16. The highest BCUT2D eigenvalue weighted by Crippen LogP contribution is 2.56. The number of para-hydroxylation sites is 2. The quantitative estimate of drug-likeness (QED) is 0.171. The van der Waals surface area contributed by atoms with Crippen LogP contribution in [0, 0.1) is 0 Å². The fraction of sp³-hybridized carbons (Fsp3) is 0.0545. The van der Waals surface area contributed by atoms with Gasteiger partial charge in [-0.25, -0.2) is 0 Å². The van der Waals surface area contributed by atoms with Gasteiger partial charge >= 0.3 is 0 Å². The van der Waals surface area contributed by atoms with Gasteiger partial charge in [-0.3, -0.25) is 0 Å². The third-order valence-electron chi connectivity index (χ3n) is 12.7. The van der Waals surface area contributed by atoms with E-state index in [0.717, 1.165) is 24.2 Å². The smallest absolute Gasteiger partial charge is 0.0541 e. The number of hydrogen-bond acceptors (Lipinski definition) is 1. The number of hydrogen-bond donors (Lipinski definition) is 0. The third-order valence-corrected chi connectivity index (χ3v) is 12.7. The molecule has 0 aliphatic heterocycles. The van der Waals surface area contributed by atoms with Crippen molar-refractivity contribution >= 4 is 49.6 Å². The maximum absolute atomic E-state index is 2.51. The van der Waals surface area contributed by atoms with Gasteiger partial charge < -0.3 is 9.47 Å². The molecule has 2 nitrogen and oxygen atoms in total. The van der Waals surface area contributed by atoms with Gasteiger partial charge in [-0.2, -0.15) is 0 Å².